The van der Waals surface area contributed by atoms with Gasteiger partial charge in [-0.05, 0) is 40.8 Å². The molecule has 1 fully saturated rings. The summed E-state index contributed by atoms with van der Waals surface area (Å²) < 4.78 is 6.10. The minimum absolute atomic E-state index is 0.0114. The van der Waals surface area contributed by atoms with E-state index >= 15 is 0 Å². The number of nitrogens with zero attached hydrogens (tertiary/aromatic N) is 1. The molecule has 0 aliphatic carbocycles. The quantitative estimate of drug-likeness (QED) is 0.626. The van der Waals surface area contributed by atoms with E-state index in [0.29, 0.717) is 18.8 Å². The number of carbonyl (C=O) groups excluding carboxylic acids is 1. The van der Waals surface area contributed by atoms with Gasteiger partial charge in [-0.1, -0.05) is 0 Å². The van der Waals surface area contributed by atoms with E-state index < -0.39 is 0 Å². The van der Waals surface area contributed by atoms with Gasteiger partial charge in [0, 0.05) is 21.5 Å². The van der Waals surface area contributed by atoms with Crippen LogP contribution in [0.3, 0.4) is 0 Å². The zero-order chi connectivity index (χ0) is 10.8. The number of hydrogen-bond donors (Lipinski definition) is 1. The van der Waals surface area contributed by atoms with E-state index in [1.54, 1.807) is 4.90 Å². The molecule has 1 aliphatic heterocycles. The number of amides is 1. The molecule has 0 radical (unpaired) electrons. The molecule has 0 aromatic heterocycles. The highest BCUT2D eigenvalue weighted by atomic mass is 127. The number of morpholine rings is 1. The molecule has 80 valence electrons. The third-order valence-corrected chi connectivity index (χ3v) is 2.83. The van der Waals surface area contributed by atoms with Gasteiger partial charge in [0.2, 0.25) is 0 Å². The van der Waals surface area contributed by atoms with Crippen LogP contribution in [0.25, 0.3) is 0 Å². The fraction of sp³-hybridized carbons (Fsp3) is 0.300. The van der Waals surface area contributed by atoms with Gasteiger partial charge in [-0.25, -0.2) is 0 Å². The van der Waals surface area contributed by atoms with Crippen molar-refractivity contribution in [2.75, 3.05) is 30.4 Å². The number of anilines is 2. The lowest BCUT2D eigenvalue weighted by Crippen LogP contribution is -2.41. The van der Waals surface area contributed by atoms with E-state index in [0.717, 1.165) is 9.26 Å². The molecule has 0 spiro atoms. The molecule has 0 atom stereocenters. The first-order valence-corrected chi connectivity index (χ1v) is 5.69. The molecule has 15 heavy (non-hydrogen) atoms. The van der Waals surface area contributed by atoms with E-state index in [1.807, 2.05) is 18.2 Å². The number of halogens is 1. The normalized spacial score (nSPS) is 16.9. The molecule has 0 unspecified atom stereocenters. The van der Waals surface area contributed by atoms with Gasteiger partial charge in [-0.2, -0.15) is 0 Å². The van der Waals surface area contributed by atoms with Gasteiger partial charge in [0.1, 0.15) is 6.61 Å². The highest BCUT2D eigenvalue weighted by Crippen LogP contribution is 2.23. The summed E-state index contributed by atoms with van der Waals surface area (Å²) in [5.41, 5.74) is 7.27. The smallest absolute Gasteiger partial charge is 0.253 e. The number of ether oxygens (including phenoxy) is 1. The Morgan fingerprint density at radius 3 is 2.87 bits per heavy atom. The van der Waals surface area contributed by atoms with E-state index in [9.17, 15) is 4.79 Å². The molecular formula is C10H11IN2O2. The molecule has 1 saturated heterocycles. The van der Waals surface area contributed by atoms with Gasteiger partial charge in [-0.3, -0.25) is 4.79 Å². The van der Waals surface area contributed by atoms with Gasteiger partial charge in [0.05, 0.1) is 6.61 Å². The number of rotatable bonds is 1. The topological polar surface area (TPSA) is 55.6 Å². The second-order valence-corrected chi connectivity index (χ2v) is 4.59. The zero-order valence-corrected chi connectivity index (χ0v) is 10.2. The molecule has 5 heteroatoms. The van der Waals surface area contributed by atoms with Crippen molar-refractivity contribution in [2.45, 2.75) is 0 Å². The van der Waals surface area contributed by atoms with E-state index in [1.165, 1.54) is 0 Å². The Balaban J connectivity index is 2.31. The zero-order valence-electron chi connectivity index (χ0n) is 8.07. The number of benzene rings is 1. The third-order valence-electron chi connectivity index (χ3n) is 2.20. The molecule has 1 heterocycles. The average Bonchev–Trinajstić information content (AvgIpc) is 2.16. The second kappa shape index (κ2) is 4.36. The first kappa shape index (κ1) is 10.7. The van der Waals surface area contributed by atoms with E-state index in [4.69, 9.17) is 10.5 Å². The van der Waals surface area contributed by atoms with Gasteiger partial charge < -0.3 is 15.4 Å². The Hall–Kier alpha value is -0.820. The minimum Gasteiger partial charge on any atom is -0.399 e. The van der Waals surface area contributed by atoms with E-state index in [2.05, 4.69) is 22.6 Å². The molecule has 0 saturated carbocycles. The molecule has 1 aromatic rings. The summed E-state index contributed by atoms with van der Waals surface area (Å²) in [6.45, 7) is 1.33. The molecule has 2 N–H and O–H groups in total. The van der Waals surface area contributed by atoms with Crippen LogP contribution in [0, 0.1) is 3.57 Å². The SMILES string of the molecule is Nc1cc(I)cc(N2CCOCC2=O)c1. The molecule has 2 rings (SSSR count). The Morgan fingerprint density at radius 1 is 1.40 bits per heavy atom. The maximum absolute atomic E-state index is 11.6. The Labute approximate surface area is 102 Å². The molecule has 1 aliphatic rings. The van der Waals surface area contributed by atoms with Crippen molar-refractivity contribution in [1.29, 1.82) is 0 Å². The lowest BCUT2D eigenvalue weighted by Gasteiger charge is -2.27. The van der Waals surface area contributed by atoms with Crippen LogP contribution in [0.2, 0.25) is 0 Å². The van der Waals surface area contributed by atoms with Crippen molar-refractivity contribution in [3.8, 4) is 0 Å². The Kier molecular flexibility index (Phi) is 3.11. The lowest BCUT2D eigenvalue weighted by molar-refractivity contribution is -0.125. The number of nitrogens with two attached hydrogens (primary N) is 1. The van der Waals surface area contributed by atoms with Crippen LogP contribution in [0.15, 0.2) is 18.2 Å². The number of nitrogen functional groups attached to an aromatic ring is 1. The van der Waals surface area contributed by atoms with Crippen LogP contribution < -0.4 is 10.6 Å². The fourth-order valence-corrected chi connectivity index (χ4v) is 2.22. The van der Waals surface area contributed by atoms with Crippen LogP contribution in [-0.4, -0.2) is 25.7 Å². The maximum Gasteiger partial charge on any atom is 0.253 e. The van der Waals surface area contributed by atoms with E-state index in [-0.39, 0.29) is 12.5 Å². The second-order valence-electron chi connectivity index (χ2n) is 3.34. The van der Waals surface area contributed by atoms with Crippen molar-refractivity contribution < 1.29 is 9.53 Å². The largest absolute Gasteiger partial charge is 0.399 e. The first-order chi connectivity index (χ1) is 7.16. The summed E-state index contributed by atoms with van der Waals surface area (Å²) >= 11 is 2.19. The summed E-state index contributed by atoms with van der Waals surface area (Å²) in [6.07, 6.45) is 0. The summed E-state index contributed by atoms with van der Waals surface area (Å²) in [7, 11) is 0. The van der Waals surface area contributed by atoms with Crippen molar-refractivity contribution in [1.82, 2.24) is 0 Å². The Bertz CT molecular complexity index is 375. The van der Waals surface area contributed by atoms with Crippen LogP contribution in [0.4, 0.5) is 11.4 Å². The number of hydrogen-bond acceptors (Lipinski definition) is 3. The van der Waals surface area contributed by atoms with Crippen LogP contribution >= 0.6 is 22.6 Å². The molecular weight excluding hydrogens is 307 g/mol. The van der Waals surface area contributed by atoms with Crippen molar-refractivity contribution in [3.05, 3.63) is 21.8 Å². The number of carbonyl (C=O) groups is 1. The van der Waals surface area contributed by atoms with Crippen LogP contribution in [0.1, 0.15) is 0 Å². The van der Waals surface area contributed by atoms with Crippen LogP contribution in [-0.2, 0) is 9.53 Å². The standard InChI is InChI=1S/C10H11IN2O2/c11-7-3-8(12)5-9(4-7)13-1-2-15-6-10(13)14/h3-5H,1-2,6,12H2. The summed E-state index contributed by atoms with van der Waals surface area (Å²) in [5.74, 6) is -0.0114. The Morgan fingerprint density at radius 2 is 2.20 bits per heavy atom. The third kappa shape index (κ3) is 2.40. The van der Waals surface area contributed by atoms with Gasteiger partial charge in [0.25, 0.3) is 5.91 Å². The first-order valence-electron chi connectivity index (χ1n) is 4.61. The lowest BCUT2D eigenvalue weighted by atomic mass is 10.2. The van der Waals surface area contributed by atoms with Gasteiger partial charge in [0.15, 0.2) is 0 Å². The van der Waals surface area contributed by atoms with Crippen molar-refractivity contribution >= 4 is 39.9 Å². The fourth-order valence-electron chi connectivity index (χ4n) is 1.54. The predicted molar refractivity (Wildman–Crippen MR) is 66.7 cm³/mol. The highest BCUT2D eigenvalue weighted by Gasteiger charge is 2.20. The van der Waals surface area contributed by atoms with Crippen molar-refractivity contribution in [2.24, 2.45) is 0 Å². The summed E-state index contributed by atoms with van der Waals surface area (Å²) in [4.78, 5) is 13.3. The predicted octanol–water partition coefficient (Wildman–Crippen LogP) is 1.24. The summed E-state index contributed by atoms with van der Waals surface area (Å²) in [5, 5.41) is 0. The monoisotopic (exact) mass is 318 g/mol. The molecule has 0 bridgehead atoms. The highest BCUT2D eigenvalue weighted by molar-refractivity contribution is 14.1. The van der Waals surface area contributed by atoms with Gasteiger partial charge in [-0.15, -0.1) is 0 Å². The molecule has 1 amide bonds. The molecule has 4 nitrogen and oxygen atoms in total. The van der Waals surface area contributed by atoms with Crippen LogP contribution in [0.5, 0.6) is 0 Å². The van der Waals surface area contributed by atoms with Crippen molar-refractivity contribution in [3.63, 3.8) is 0 Å². The minimum atomic E-state index is -0.0114. The van der Waals surface area contributed by atoms with Gasteiger partial charge >= 0.3 is 0 Å². The average molecular weight is 318 g/mol. The maximum atomic E-state index is 11.6. The summed E-state index contributed by atoms with van der Waals surface area (Å²) in [6, 6.07) is 5.63. The molecule has 1 aromatic carbocycles.